The third-order valence-corrected chi connectivity index (χ3v) is 6.53. The molecule has 8 heteroatoms. The summed E-state index contributed by atoms with van der Waals surface area (Å²) in [5.74, 6) is 1.10. The van der Waals surface area contributed by atoms with Crippen LogP contribution in [0.5, 0.6) is 11.5 Å². The topological polar surface area (TPSA) is 67.9 Å². The molecule has 1 fully saturated rings. The second-order valence-electron chi connectivity index (χ2n) is 6.52. The molecule has 2 aliphatic heterocycles. The Labute approximate surface area is 172 Å². The van der Waals surface area contributed by atoms with E-state index in [2.05, 4.69) is 5.32 Å². The first-order chi connectivity index (χ1) is 13.5. The maximum Gasteiger partial charge on any atom is 0.260 e. The molecule has 2 aromatic rings. The van der Waals surface area contributed by atoms with Crippen molar-refractivity contribution in [2.75, 3.05) is 20.0 Å². The minimum absolute atomic E-state index is 0.169. The average molecular weight is 419 g/mol. The molecule has 2 aliphatic rings. The van der Waals surface area contributed by atoms with E-state index in [0.717, 1.165) is 11.1 Å². The van der Waals surface area contributed by atoms with Crippen LogP contribution >= 0.6 is 23.4 Å². The van der Waals surface area contributed by atoms with Gasteiger partial charge in [0.1, 0.15) is 11.4 Å². The number of halogens is 1. The minimum Gasteiger partial charge on any atom is -0.493 e. The fraction of sp³-hybridized carbons (Fsp3) is 0.300. The first kappa shape index (κ1) is 19.0. The maximum atomic E-state index is 13.1. The molecule has 2 unspecified atom stereocenters. The van der Waals surface area contributed by atoms with Gasteiger partial charge in [0, 0.05) is 22.9 Å². The van der Waals surface area contributed by atoms with E-state index in [1.54, 1.807) is 34.9 Å². The van der Waals surface area contributed by atoms with Crippen molar-refractivity contribution in [2.45, 2.75) is 18.0 Å². The molecule has 2 atom stereocenters. The van der Waals surface area contributed by atoms with Gasteiger partial charge in [-0.05, 0) is 23.8 Å². The molecule has 4 rings (SSSR count). The van der Waals surface area contributed by atoms with Crippen LogP contribution in [-0.4, -0.2) is 42.7 Å². The lowest BCUT2D eigenvalue weighted by molar-refractivity contribution is -0.124. The summed E-state index contributed by atoms with van der Waals surface area (Å²) >= 11 is 7.47. The summed E-state index contributed by atoms with van der Waals surface area (Å²) in [5.41, 5.74) is 2.29. The molecular weight excluding hydrogens is 400 g/mol. The molecule has 28 heavy (non-hydrogen) atoms. The molecule has 0 spiro atoms. The first-order valence-electron chi connectivity index (χ1n) is 8.76. The van der Waals surface area contributed by atoms with Gasteiger partial charge in [0.05, 0.1) is 19.8 Å². The number of carbonyl (C=O) groups is 2. The van der Waals surface area contributed by atoms with Crippen LogP contribution in [-0.2, 0) is 11.3 Å². The van der Waals surface area contributed by atoms with E-state index < -0.39 is 6.04 Å². The standard InChI is InChI=1S/C20H19ClN2O4S/c1-26-15-8-7-13-16(17(15)27-2)19(25)23-14(10-28-20(13)23)18(24)22-9-11-3-5-12(21)6-4-11/h3-8,14,20H,9-10H2,1-2H3,(H,22,24). The Balaban J connectivity index is 1.54. The van der Waals surface area contributed by atoms with Crippen molar-refractivity contribution in [2.24, 2.45) is 0 Å². The molecule has 0 radical (unpaired) electrons. The highest BCUT2D eigenvalue weighted by Crippen LogP contribution is 2.52. The summed E-state index contributed by atoms with van der Waals surface area (Å²) in [5, 5.41) is 3.39. The van der Waals surface area contributed by atoms with Gasteiger partial charge >= 0.3 is 0 Å². The zero-order valence-corrected chi connectivity index (χ0v) is 17.0. The second kappa shape index (κ2) is 7.56. The van der Waals surface area contributed by atoms with Crippen LogP contribution in [0, 0.1) is 0 Å². The fourth-order valence-electron chi connectivity index (χ4n) is 3.60. The van der Waals surface area contributed by atoms with Gasteiger partial charge < -0.3 is 19.7 Å². The van der Waals surface area contributed by atoms with E-state index in [1.165, 1.54) is 14.2 Å². The number of nitrogens with zero attached hydrogens (tertiary/aromatic N) is 1. The van der Waals surface area contributed by atoms with Gasteiger partial charge in [0.2, 0.25) is 5.91 Å². The predicted molar refractivity (Wildman–Crippen MR) is 108 cm³/mol. The molecule has 0 aromatic heterocycles. The average Bonchev–Trinajstić information content (AvgIpc) is 3.26. The third kappa shape index (κ3) is 3.08. The SMILES string of the molecule is COc1ccc2c(c1OC)C(=O)N1C(C(=O)NCc3ccc(Cl)cc3)CSC21. The number of hydrogen-bond acceptors (Lipinski definition) is 5. The van der Waals surface area contributed by atoms with Crippen molar-refractivity contribution in [3.8, 4) is 11.5 Å². The third-order valence-electron chi connectivity index (χ3n) is 4.98. The van der Waals surface area contributed by atoms with E-state index in [-0.39, 0.29) is 17.2 Å². The smallest absolute Gasteiger partial charge is 0.260 e. The molecule has 6 nitrogen and oxygen atoms in total. The lowest BCUT2D eigenvalue weighted by Crippen LogP contribution is -2.45. The molecule has 2 heterocycles. The van der Waals surface area contributed by atoms with E-state index in [4.69, 9.17) is 21.1 Å². The van der Waals surface area contributed by atoms with Gasteiger partial charge in [0.15, 0.2) is 11.5 Å². The first-order valence-corrected chi connectivity index (χ1v) is 10.2. The van der Waals surface area contributed by atoms with Crippen molar-refractivity contribution in [3.05, 3.63) is 58.1 Å². The number of methoxy groups -OCH3 is 2. The van der Waals surface area contributed by atoms with Crippen LogP contribution in [0.4, 0.5) is 0 Å². The number of amides is 2. The Morgan fingerprint density at radius 2 is 1.96 bits per heavy atom. The van der Waals surface area contributed by atoms with Crippen LogP contribution in [0.1, 0.15) is 26.9 Å². The fourth-order valence-corrected chi connectivity index (χ4v) is 5.18. The number of rotatable bonds is 5. The number of thioether (sulfide) groups is 1. The minimum atomic E-state index is -0.530. The predicted octanol–water partition coefficient (Wildman–Crippen LogP) is 3.24. The summed E-state index contributed by atoms with van der Waals surface area (Å²) in [6.45, 7) is 0.383. The van der Waals surface area contributed by atoms with Gasteiger partial charge in [-0.25, -0.2) is 0 Å². The van der Waals surface area contributed by atoms with Crippen LogP contribution in [0.3, 0.4) is 0 Å². The molecular formula is C20H19ClN2O4S. The molecule has 0 saturated carbocycles. The van der Waals surface area contributed by atoms with Gasteiger partial charge in [-0.2, -0.15) is 0 Å². The Hall–Kier alpha value is -2.38. The van der Waals surface area contributed by atoms with Gasteiger partial charge in [0.25, 0.3) is 5.91 Å². The maximum absolute atomic E-state index is 13.1. The number of benzene rings is 2. The largest absolute Gasteiger partial charge is 0.493 e. The van der Waals surface area contributed by atoms with E-state index in [9.17, 15) is 9.59 Å². The quantitative estimate of drug-likeness (QED) is 0.807. The van der Waals surface area contributed by atoms with Crippen LogP contribution in [0.25, 0.3) is 0 Å². The lowest BCUT2D eigenvalue weighted by Gasteiger charge is -2.22. The summed E-state index contributed by atoms with van der Waals surface area (Å²) in [7, 11) is 3.05. The molecule has 1 N–H and O–H groups in total. The highest BCUT2D eigenvalue weighted by molar-refractivity contribution is 7.99. The van der Waals surface area contributed by atoms with Crippen molar-refractivity contribution in [3.63, 3.8) is 0 Å². The Bertz CT molecular complexity index is 935. The van der Waals surface area contributed by atoms with Crippen molar-refractivity contribution < 1.29 is 19.1 Å². The van der Waals surface area contributed by atoms with Crippen molar-refractivity contribution in [1.82, 2.24) is 10.2 Å². The van der Waals surface area contributed by atoms with E-state index in [0.29, 0.717) is 34.4 Å². The Kier molecular flexibility index (Phi) is 5.12. The number of ether oxygens (including phenoxy) is 2. The van der Waals surface area contributed by atoms with Crippen LogP contribution in [0.2, 0.25) is 5.02 Å². The number of nitrogens with one attached hydrogen (secondary N) is 1. The molecule has 2 amide bonds. The summed E-state index contributed by atoms with van der Waals surface area (Å²) in [6, 6.07) is 10.4. The van der Waals surface area contributed by atoms with Gasteiger partial charge in [-0.1, -0.05) is 29.8 Å². The monoisotopic (exact) mass is 418 g/mol. The Morgan fingerprint density at radius 3 is 2.64 bits per heavy atom. The molecule has 0 bridgehead atoms. The zero-order chi connectivity index (χ0) is 19.8. The van der Waals surface area contributed by atoms with Crippen LogP contribution in [0.15, 0.2) is 36.4 Å². The molecule has 0 aliphatic carbocycles. The van der Waals surface area contributed by atoms with E-state index >= 15 is 0 Å². The summed E-state index contributed by atoms with van der Waals surface area (Å²) < 4.78 is 10.7. The number of fused-ring (bicyclic) bond motifs is 3. The summed E-state index contributed by atoms with van der Waals surface area (Å²) in [4.78, 5) is 27.6. The van der Waals surface area contributed by atoms with Crippen LogP contribution < -0.4 is 14.8 Å². The second-order valence-corrected chi connectivity index (χ2v) is 8.07. The molecule has 1 saturated heterocycles. The van der Waals surface area contributed by atoms with Gasteiger partial charge in [-0.15, -0.1) is 11.8 Å². The summed E-state index contributed by atoms with van der Waals surface area (Å²) in [6.07, 6.45) is 0. The molecule has 2 aromatic carbocycles. The van der Waals surface area contributed by atoms with Crippen molar-refractivity contribution in [1.29, 1.82) is 0 Å². The van der Waals surface area contributed by atoms with Gasteiger partial charge in [-0.3, -0.25) is 9.59 Å². The highest BCUT2D eigenvalue weighted by atomic mass is 35.5. The van der Waals surface area contributed by atoms with E-state index in [1.807, 2.05) is 18.2 Å². The number of hydrogen-bond donors (Lipinski definition) is 1. The normalized spacial score (nSPS) is 20.0. The zero-order valence-electron chi connectivity index (χ0n) is 15.4. The lowest BCUT2D eigenvalue weighted by atomic mass is 10.1. The Morgan fingerprint density at radius 1 is 1.21 bits per heavy atom. The highest BCUT2D eigenvalue weighted by Gasteiger charge is 2.50. The van der Waals surface area contributed by atoms with Crippen molar-refractivity contribution >= 4 is 35.2 Å². The number of carbonyl (C=O) groups excluding carboxylic acids is 2. The molecule has 146 valence electrons.